The Bertz CT molecular complexity index is 791. The lowest BCUT2D eigenvalue weighted by atomic mass is 10.3. The van der Waals surface area contributed by atoms with E-state index in [-0.39, 0.29) is 0 Å². The maximum absolute atomic E-state index is 5.31. The highest BCUT2D eigenvalue weighted by molar-refractivity contribution is 7.98. The normalized spacial score (nSPS) is 14.4. The summed E-state index contributed by atoms with van der Waals surface area (Å²) in [6.45, 7) is 2.11. The Labute approximate surface area is 148 Å². The third kappa shape index (κ3) is 3.54. The van der Waals surface area contributed by atoms with Gasteiger partial charge in [0.2, 0.25) is 5.89 Å². The number of hydrogen-bond donors (Lipinski definition) is 0. The molecular weight excluding hydrogens is 342 g/mol. The first-order valence-corrected chi connectivity index (χ1v) is 10.1. The fourth-order valence-electron chi connectivity index (χ4n) is 2.60. The Morgan fingerprint density at radius 1 is 1.38 bits per heavy atom. The van der Waals surface area contributed by atoms with E-state index < -0.39 is 0 Å². The van der Waals surface area contributed by atoms with Gasteiger partial charge >= 0.3 is 0 Å². The predicted molar refractivity (Wildman–Crippen MR) is 93.3 cm³/mol. The number of nitrogens with zero attached hydrogens (tertiary/aromatic N) is 5. The van der Waals surface area contributed by atoms with Crippen molar-refractivity contribution in [2.24, 2.45) is 0 Å². The number of aryl methyl sites for hydroxylation is 1. The molecule has 1 saturated carbocycles. The van der Waals surface area contributed by atoms with E-state index >= 15 is 0 Å². The third-order valence-electron chi connectivity index (χ3n) is 3.87. The van der Waals surface area contributed by atoms with Crippen LogP contribution in [0.2, 0.25) is 0 Å². The minimum atomic E-state index is 0.552. The van der Waals surface area contributed by atoms with Crippen molar-refractivity contribution in [2.75, 3.05) is 0 Å². The molecule has 0 unspecified atom stereocenters. The molecule has 3 aromatic rings. The fourth-order valence-corrected chi connectivity index (χ4v) is 4.16. The number of thioether (sulfide) groups is 1. The van der Waals surface area contributed by atoms with E-state index in [1.165, 1.54) is 17.7 Å². The molecule has 0 amide bonds. The Hall–Kier alpha value is -1.67. The maximum atomic E-state index is 5.31. The van der Waals surface area contributed by atoms with E-state index in [1.807, 2.05) is 0 Å². The largest absolute Gasteiger partial charge is 0.338 e. The third-order valence-corrected chi connectivity index (χ3v) is 5.67. The molecule has 0 bridgehead atoms. The van der Waals surface area contributed by atoms with Crippen LogP contribution in [0.25, 0.3) is 0 Å². The summed E-state index contributed by atoms with van der Waals surface area (Å²) >= 11 is 3.39. The van der Waals surface area contributed by atoms with Gasteiger partial charge in [-0.2, -0.15) is 4.98 Å². The lowest BCUT2D eigenvalue weighted by Gasteiger charge is -2.07. The molecule has 0 atom stereocenters. The van der Waals surface area contributed by atoms with Crippen LogP contribution in [-0.2, 0) is 18.6 Å². The fraction of sp³-hybridized carbons (Fsp3) is 0.500. The molecule has 0 saturated heterocycles. The van der Waals surface area contributed by atoms with Crippen LogP contribution >= 0.6 is 23.1 Å². The second-order valence-electron chi connectivity index (χ2n) is 5.90. The van der Waals surface area contributed by atoms with Gasteiger partial charge in [-0.15, -0.1) is 21.5 Å². The SMILES string of the molecule is CCCc1noc(CSc2nnc(Cc3cccs3)n2C2CC2)n1. The van der Waals surface area contributed by atoms with E-state index in [4.69, 9.17) is 4.52 Å². The molecule has 1 aliphatic carbocycles. The van der Waals surface area contributed by atoms with Gasteiger partial charge in [-0.05, 0) is 30.7 Å². The van der Waals surface area contributed by atoms with Gasteiger partial charge in [0.25, 0.3) is 0 Å². The standard InChI is InChI=1S/C16H19N5OS2/c1-2-4-13-17-15(22-20-13)10-24-16-19-18-14(21(16)11-6-7-11)9-12-5-3-8-23-12/h3,5,8,11H,2,4,6-7,9-10H2,1H3. The van der Waals surface area contributed by atoms with Crippen molar-refractivity contribution >= 4 is 23.1 Å². The molecular formula is C16H19N5OS2. The smallest absolute Gasteiger partial charge is 0.237 e. The Morgan fingerprint density at radius 2 is 2.29 bits per heavy atom. The van der Waals surface area contributed by atoms with Crippen LogP contribution < -0.4 is 0 Å². The van der Waals surface area contributed by atoms with Crippen LogP contribution in [-0.4, -0.2) is 24.9 Å². The van der Waals surface area contributed by atoms with Crippen molar-refractivity contribution in [1.82, 2.24) is 24.9 Å². The molecule has 24 heavy (non-hydrogen) atoms. The first kappa shape index (κ1) is 15.8. The number of thiophene rings is 1. The molecule has 4 rings (SSSR count). The van der Waals surface area contributed by atoms with Gasteiger partial charge in [-0.25, -0.2) is 0 Å². The van der Waals surface area contributed by atoms with Gasteiger partial charge < -0.3 is 9.09 Å². The summed E-state index contributed by atoms with van der Waals surface area (Å²) < 4.78 is 7.61. The minimum Gasteiger partial charge on any atom is -0.338 e. The van der Waals surface area contributed by atoms with Crippen molar-refractivity contribution in [3.05, 3.63) is 39.9 Å². The van der Waals surface area contributed by atoms with Crippen LogP contribution in [0.15, 0.2) is 27.2 Å². The van der Waals surface area contributed by atoms with Gasteiger partial charge in [0.15, 0.2) is 11.0 Å². The monoisotopic (exact) mass is 361 g/mol. The zero-order chi connectivity index (χ0) is 16.4. The Balaban J connectivity index is 1.47. The Kier molecular flexibility index (Phi) is 4.66. The highest BCUT2D eigenvalue weighted by atomic mass is 32.2. The molecule has 126 valence electrons. The molecule has 0 spiro atoms. The van der Waals surface area contributed by atoms with Crippen LogP contribution in [0.1, 0.15) is 54.6 Å². The van der Waals surface area contributed by atoms with Gasteiger partial charge in [-0.1, -0.05) is 29.9 Å². The van der Waals surface area contributed by atoms with Gasteiger partial charge in [-0.3, -0.25) is 0 Å². The number of rotatable bonds is 8. The van der Waals surface area contributed by atoms with Crippen molar-refractivity contribution in [1.29, 1.82) is 0 Å². The number of aromatic nitrogens is 5. The summed E-state index contributed by atoms with van der Waals surface area (Å²) in [7, 11) is 0. The molecule has 0 N–H and O–H groups in total. The Morgan fingerprint density at radius 3 is 3.04 bits per heavy atom. The summed E-state index contributed by atoms with van der Waals surface area (Å²) in [5.41, 5.74) is 0. The van der Waals surface area contributed by atoms with E-state index in [0.717, 1.165) is 36.1 Å². The summed E-state index contributed by atoms with van der Waals surface area (Å²) in [5.74, 6) is 3.14. The summed E-state index contributed by atoms with van der Waals surface area (Å²) in [6.07, 6.45) is 5.16. The quantitative estimate of drug-likeness (QED) is 0.567. The summed E-state index contributed by atoms with van der Waals surface area (Å²) in [6, 6.07) is 4.78. The molecule has 8 heteroatoms. The first-order chi connectivity index (χ1) is 11.8. The van der Waals surface area contributed by atoms with Crippen LogP contribution in [0.3, 0.4) is 0 Å². The van der Waals surface area contributed by atoms with Crippen LogP contribution in [0.4, 0.5) is 0 Å². The summed E-state index contributed by atoms with van der Waals surface area (Å²) in [4.78, 5) is 5.74. The summed E-state index contributed by atoms with van der Waals surface area (Å²) in [5, 5.41) is 15.9. The molecule has 1 aliphatic rings. The van der Waals surface area contributed by atoms with Crippen LogP contribution in [0.5, 0.6) is 0 Å². The molecule has 0 aliphatic heterocycles. The molecule has 0 aromatic carbocycles. The molecule has 0 radical (unpaired) electrons. The van der Waals surface area contributed by atoms with E-state index in [2.05, 4.69) is 49.3 Å². The van der Waals surface area contributed by atoms with Crippen molar-refractivity contribution in [3.63, 3.8) is 0 Å². The van der Waals surface area contributed by atoms with E-state index in [0.29, 0.717) is 17.7 Å². The zero-order valence-corrected chi connectivity index (χ0v) is 15.1. The van der Waals surface area contributed by atoms with Crippen LogP contribution in [0, 0.1) is 0 Å². The predicted octanol–water partition coefficient (Wildman–Crippen LogP) is 3.89. The average molecular weight is 361 g/mol. The average Bonchev–Trinajstić information content (AvgIpc) is 3.00. The van der Waals surface area contributed by atoms with Crippen molar-refractivity contribution in [2.45, 2.75) is 56.0 Å². The van der Waals surface area contributed by atoms with Gasteiger partial charge in [0, 0.05) is 23.8 Å². The first-order valence-electron chi connectivity index (χ1n) is 8.24. The van der Waals surface area contributed by atoms with Crippen molar-refractivity contribution in [3.8, 4) is 0 Å². The zero-order valence-electron chi connectivity index (χ0n) is 13.5. The van der Waals surface area contributed by atoms with Gasteiger partial charge in [0.1, 0.15) is 5.82 Å². The van der Waals surface area contributed by atoms with E-state index in [9.17, 15) is 0 Å². The maximum Gasteiger partial charge on any atom is 0.237 e. The second-order valence-corrected chi connectivity index (χ2v) is 7.87. The van der Waals surface area contributed by atoms with Crippen molar-refractivity contribution < 1.29 is 4.52 Å². The van der Waals surface area contributed by atoms with E-state index in [1.54, 1.807) is 23.1 Å². The molecule has 1 fully saturated rings. The lowest BCUT2D eigenvalue weighted by Crippen LogP contribution is -2.03. The molecule has 3 heterocycles. The molecule has 3 aromatic heterocycles. The highest BCUT2D eigenvalue weighted by Gasteiger charge is 2.29. The number of hydrogen-bond acceptors (Lipinski definition) is 7. The topological polar surface area (TPSA) is 69.6 Å². The lowest BCUT2D eigenvalue weighted by molar-refractivity contribution is 0.384. The second kappa shape index (κ2) is 7.06. The highest BCUT2D eigenvalue weighted by Crippen LogP contribution is 2.39. The molecule has 6 nitrogen and oxygen atoms in total. The minimum absolute atomic E-state index is 0.552. The van der Waals surface area contributed by atoms with Gasteiger partial charge in [0.05, 0.1) is 5.75 Å².